The molecule has 2 aliphatic heterocycles. The third kappa shape index (κ3) is 6.62. The number of hydrogen-bond donors (Lipinski definition) is 7. The number of carbonyl (C=O) groups excluding carboxylic acids is 3. The fourth-order valence-corrected chi connectivity index (χ4v) is 3.69. The highest BCUT2D eigenvalue weighted by atomic mass is 16.4. The van der Waals surface area contributed by atoms with Crippen molar-refractivity contribution in [1.29, 1.82) is 0 Å². The molecule has 5 atom stereocenters. The number of likely N-dealkylation sites (tertiary alicyclic amines) is 1. The third-order valence-electron chi connectivity index (χ3n) is 5.27. The molecule has 0 saturated carbocycles. The van der Waals surface area contributed by atoms with E-state index >= 15 is 0 Å². The molecule has 0 aromatic rings. The van der Waals surface area contributed by atoms with Crippen molar-refractivity contribution in [3.63, 3.8) is 0 Å². The molecule has 2 rings (SSSR count). The van der Waals surface area contributed by atoms with Crippen LogP contribution < -0.4 is 21.7 Å². The maximum Gasteiger partial charge on any atom is 0.326 e. The van der Waals surface area contributed by atoms with Crippen LogP contribution >= 0.6 is 0 Å². The summed E-state index contributed by atoms with van der Waals surface area (Å²) in [6.45, 7) is 0.226. The van der Waals surface area contributed by atoms with Crippen molar-refractivity contribution in [2.75, 3.05) is 26.2 Å². The van der Waals surface area contributed by atoms with E-state index in [2.05, 4.69) is 16.0 Å². The number of aliphatic hydroxyl groups is 2. The van der Waals surface area contributed by atoms with E-state index < -0.39 is 54.0 Å². The van der Waals surface area contributed by atoms with Gasteiger partial charge in [-0.1, -0.05) is 0 Å². The zero-order valence-corrected chi connectivity index (χ0v) is 16.7. The van der Waals surface area contributed by atoms with Crippen molar-refractivity contribution in [3.8, 4) is 0 Å². The SMILES string of the molecule is NCCCC[C@H](NC(=O)CNC(=O)[C@@H]1C[C@@H](O)CN1)C(=O)N1C[C@H](O)C[C@H]1C(=O)O. The molecule has 0 radical (unpaired) electrons. The fraction of sp³-hybridized carbons (Fsp3) is 0.778. The normalized spacial score (nSPS) is 27.0. The minimum absolute atomic E-state index is 0.0686. The van der Waals surface area contributed by atoms with Gasteiger partial charge in [0.1, 0.15) is 12.1 Å². The Morgan fingerprint density at radius 3 is 2.47 bits per heavy atom. The van der Waals surface area contributed by atoms with Crippen LogP contribution in [0, 0.1) is 0 Å². The number of carbonyl (C=O) groups is 4. The first-order valence-corrected chi connectivity index (χ1v) is 10.1. The Bertz CT molecular complexity index is 646. The van der Waals surface area contributed by atoms with E-state index in [1.165, 1.54) is 0 Å². The molecule has 0 aliphatic carbocycles. The van der Waals surface area contributed by atoms with E-state index in [4.69, 9.17) is 5.73 Å². The Hall–Kier alpha value is -2.28. The highest BCUT2D eigenvalue weighted by Crippen LogP contribution is 2.20. The van der Waals surface area contributed by atoms with Gasteiger partial charge in [-0.15, -0.1) is 0 Å². The molecule has 170 valence electrons. The van der Waals surface area contributed by atoms with Crippen LogP contribution in [0.25, 0.3) is 0 Å². The van der Waals surface area contributed by atoms with Gasteiger partial charge < -0.3 is 41.9 Å². The number of nitrogens with one attached hydrogen (secondary N) is 3. The van der Waals surface area contributed by atoms with Gasteiger partial charge in [-0.2, -0.15) is 0 Å². The van der Waals surface area contributed by atoms with Crippen LogP contribution in [0.5, 0.6) is 0 Å². The molecule has 3 amide bonds. The second-order valence-corrected chi connectivity index (χ2v) is 7.71. The summed E-state index contributed by atoms with van der Waals surface area (Å²) in [5.74, 6) is -2.83. The Labute approximate surface area is 174 Å². The largest absolute Gasteiger partial charge is 0.480 e. The van der Waals surface area contributed by atoms with Crippen molar-refractivity contribution >= 4 is 23.7 Å². The summed E-state index contributed by atoms with van der Waals surface area (Å²) < 4.78 is 0. The van der Waals surface area contributed by atoms with Crippen molar-refractivity contribution < 1.29 is 34.5 Å². The Morgan fingerprint density at radius 2 is 1.87 bits per heavy atom. The first-order valence-electron chi connectivity index (χ1n) is 10.1. The van der Waals surface area contributed by atoms with E-state index in [0.29, 0.717) is 25.9 Å². The Morgan fingerprint density at radius 1 is 1.13 bits per heavy atom. The lowest BCUT2D eigenvalue weighted by molar-refractivity contribution is -0.149. The van der Waals surface area contributed by atoms with Crippen LogP contribution in [0.4, 0.5) is 0 Å². The summed E-state index contributed by atoms with van der Waals surface area (Å²) in [5.41, 5.74) is 5.48. The lowest BCUT2D eigenvalue weighted by Crippen LogP contribution is -2.53. The van der Waals surface area contributed by atoms with Crippen LogP contribution in [-0.2, 0) is 19.2 Å². The van der Waals surface area contributed by atoms with Gasteiger partial charge in [-0.05, 0) is 32.2 Å². The number of carboxylic acid groups (broad SMARTS) is 1. The summed E-state index contributed by atoms with van der Waals surface area (Å²) >= 11 is 0. The molecule has 0 bridgehead atoms. The van der Waals surface area contributed by atoms with Gasteiger partial charge in [0.05, 0.1) is 24.8 Å². The number of carboxylic acids is 1. The number of amides is 3. The lowest BCUT2D eigenvalue weighted by Gasteiger charge is -2.27. The number of unbranched alkanes of at least 4 members (excludes halogenated alkanes) is 1. The summed E-state index contributed by atoms with van der Waals surface area (Å²) in [4.78, 5) is 49.7. The van der Waals surface area contributed by atoms with Crippen molar-refractivity contribution in [1.82, 2.24) is 20.9 Å². The second kappa shape index (κ2) is 11.2. The van der Waals surface area contributed by atoms with Gasteiger partial charge >= 0.3 is 5.97 Å². The molecule has 2 saturated heterocycles. The van der Waals surface area contributed by atoms with E-state index in [9.17, 15) is 34.5 Å². The van der Waals surface area contributed by atoms with Crippen LogP contribution in [0.2, 0.25) is 0 Å². The molecule has 2 aliphatic rings. The monoisotopic (exact) mass is 429 g/mol. The van der Waals surface area contributed by atoms with E-state index in [1.807, 2.05) is 0 Å². The van der Waals surface area contributed by atoms with Gasteiger partial charge in [-0.3, -0.25) is 14.4 Å². The third-order valence-corrected chi connectivity index (χ3v) is 5.27. The van der Waals surface area contributed by atoms with Gasteiger partial charge in [0, 0.05) is 19.5 Å². The summed E-state index contributed by atoms with van der Waals surface area (Å²) in [7, 11) is 0. The maximum atomic E-state index is 12.9. The number of β-amino-alcohol motifs (C(OH)–C–C–N with tert-alkyl or cyclic N) is 2. The summed E-state index contributed by atoms with van der Waals surface area (Å²) in [6, 6.07) is -2.72. The molecule has 0 aromatic heterocycles. The van der Waals surface area contributed by atoms with Crippen LogP contribution in [0.15, 0.2) is 0 Å². The van der Waals surface area contributed by atoms with E-state index in [0.717, 1.165) is 4.90 Å². The topological polar surface area (TPSA) is 194 Å². The maximum absolute atomic E-state index is 12.9. The molecule has 12 heteroatoms. The standard InChI is InChI=1S/C18H31N5O7/c19-4-2-1-3-12(17(28)23-9-11(25)6-14(23)18(29)30)22-15(26)8-21-16(27)13-5-10(24)7-20-13/h10-14,20,24-25H,1-9,19H2,(H,21,27)(H,22,26)(H,29,30)/t10-,11-,12+,13+,14+/m1/s1. The zero-order chi connectivity index (χ0) is 22.3. The van der Waals surface area contributed by atoms with Gasteiger partial charge in [0.2, 0.25) is 17.7 Å². The Kier molecular flexibility index (Phi) is 8.96. The minimum atomic E-state index is -1.22. The first kappa shape index (κ1) is 24.0. The number of nitrogens with zero attached hydrogens (tertiary/aromatic N) is 1. The zero-order valence-electron chi connectivity index (χ0n) is 16.7. The van der Waals surface area contributed by atoms with Gasteiger partial charge in [-0.25, -0.2) is 4.79 Å². The highest BCUT2D eigenvalue weighted by Gasteiger charge is 2.41. The smallest absolute Gasteiger partial charge is 0.326 e. The fourth-order valence-electron chi connectivity index (χ4n) is 3.69. The molecule has 12 nitrogen and oxygen atoms in total. The molecule has 2 heterocycles. The summed E-state index contributed by atoms with van der Waals surface area (Å²) in [6.07, 6.45) is 0.0447. The molecule has 0 unspecified atom stereocenters. The van der Waals surface area contributed by atoms with Crippen molar-refractivity contribution in [2.45, 2.75) is 62.4 Å². The molecule has 0 aromatic carbocycles. The Balaban J connectivity index is 1.94. The predicted octanol–water partition coefficient (Wildman–Crippen LogP) is -3.51. The first-order chi connectivity index (χ1) is 14.2. The number of hydrogen-bond acceptors (Lipinski definition) is 8. The molecule has 2 fully saturated rings. The number of aliphatic hydroxyl groups excluding tert-OH is 2. The molecule has 8 N–H and O–H groups in total. The van der Waals surface area contributed by atoms with E-state index in [1.54, 1.807) is 0 Å². The lowest BCUT2D eigenvalue weighted by atomic mass is 10.1. The minimum Gasteiger partial charge on any atom is -0.480 e. The molecular weight excluding hydrogens is 398 g/mol. The second-order valence-electron chi connectivity index (χ2n) is 7.71. The van der Waals surface area contributed by atoms with Gasteiger partial charge in [0.25, 0.3) is 0 Å². The van der Waals surface area contributed by atoms with Crippen molar-refractivity contribution in [3.05, 3.63) is 0 Å². The van der Waals surface area contributed by atoms with E-state index in [-0.39, 0.29) is 32.4 Å². The highest BCUT2D eigenvalue weighted by molar-refractivity contribution is 5.93. The summed E-state index contributed by atoms with van der Waals surface area (Å²) in [5, 5.41) is 36.4. The number of rotatable bonds is 10. The molecule has 0 spiro atoms. The van der Waals surface area contributed by atoms with Crippen LogP contribution in [0.3, 0.4) is 0 Å². The van der Waals surface area contributed by atoms with Crippen LogP contribution in [-0.4, -0.2) is 100 Å². The van der Waals surface area contributed by atoms with Gasteiger partial charge in [0.15, 0.2) is 0 Å². The number of nitrogens with two attached hydrogens (primary N) is 1. The average molecular weight is 429 g/mol. The molecule has 30 heavy (non-hydrogen) atoms. The van der Waals surface area contributed by atoms with Crippen molar-refractivity contribution in [2.24, 2.45) is 5.73 Å². The number of aliphatic carboxylic acids is 1. The molecular formula is C18H31N5O7. The van der Waals surface area contributed by atoms with Crippen LogP contribution in [0.1, 0.15) is 32.1 Å². The quantitative estimate of drug-likeness (QED) is 0.172. The predicted molar refractivity (Wildman–Crippen MR) is 104 cm³/mol. The average Bonchev–Trinajstić information content (AvgIpc) is 3.30.